The number of nitrogens with zero attached hydrogens (tertiary/aromatic N) is 2. The van der Waals surface area contributed by atoms with E-state index in [0.717, 1.165) is 23.6 Å². The Hall–Kier alpha value is -2.76. The number of amides is 2. The molecule has 0 aliphatic carbocycles. The summed E-state index contributed by atoms with van der Waals surface area (Å²) in [5.74, 6) is 1.31. The van der Waals surface area contributed by atoms with Gasteiger partial charge < -0.3 is 19.5 Å². The molecule has 25 heavy (non-hydrogen) atoms. The lowest BCUT2D eigenvalue weighted by atomic mass is 9.83. The third kappa shape index (κ3) is 2.99. The van der Waals surface area contributed by atoms with Crippen LogP contribution in [-0.2, 0) is 6.54 Å². The first-order chi connectivity index (χ1) is 12.1. The number of methoxy groups -OCH3 is 1. The van der Waals surface area contributed by atoms with E-state index in [0.29, 0.717) is 25.6 Å². The summed E-state index contributed by atoms with van der Waals surface area (Å²) >= 11 is 0. The summed E-state index contributed by atoms with van der Waals surface area (Å²) in [7, 11) is 1.61. The van der Waals surface area contributed by atoms with Crippen LogP contribution in [0.4, 0.5) is 10.5 Å². The van der Waals surface area contributed by atoms with Crippen LogP contribution in [0.15, 0.2) is 47.3 Å². The zero-order valence-corrected chi connectivity index (χ0v) is 14.1. The van der Waals surface area contributed by atoms with Crippen molar-refractivity contribution in [3.8, 4) is 5.75 Å². The molecular formula is C19H21N3O3. The van der Waals surface area contributed by atoms with E-state index in [1.165, 1.54) is 0 Å². The Kier molecular flexibility index (Phi) is 3.95. The first-order valence-electron chi connectivity index (χ1n) is 8.54. The van der Waals surface area contributed by atoms with E-state index in [2.05, 4.69) is 5.32 Å². The molecule has 1 N–H and O–H groups in total. The molecule has 130 valence electrons. The molecule has 0 spiro atoms. The molecule has 2 aliphatic rings. The van der Waals surface area contributed by atoms with Crippen LogP contribution >= 0.6 is 0 Å². The number of pyridine rings is 1. The fourth-order valence-electron chi connectivity index (χ4n) is 3.94. The lowest BCUT2D eigenvalue weighted by molar-refractivity contribution is 0.139. The van der Waals surface area contributed by atoms with Gasteiger partial charge in [-0.3, -0.25) is 4.79 Å². The van der Waals surface area contributed by atoms with Gasteiger partial charge in [0.25, 0.3) is 5.56 Å². The van der Waals surface area contributed by atoms with E-state index in [9.17, 15) is 9.59 Å². The second-order valence-corrected chi connectivity index (χ2v) is 6.76. The fraction of sp³-hybridized carbons (Fsp3) is 0.368. The van der Waals surface area contributed by atoms with Crippen molar-refractivity contribution in [2.75, 3.05) is 25.5 Å². The number of carbonyl (C=O) groups excluding carboxylic acids is 1. The topological polar surface area (TPSA) is 63.6 Å². The first-order valence-corrected chi connectivity index (χ1v) is 8.54. The van der Waals surface area contributed by atoms with Crippen molar-refractivity contribution in [1.29, 1.82) is 0 Å². The highest BCUT2D eigenvalue weighted by atomic mass is 16.5. The zero-order chi connectivity index (χ0) is 17.4. The molecule has 2 aliphatic heterocycles. The Balaban J connectivity index is 1.49. The van der Waals surface area contributed by atoms with E-state index >= 15 is 0 Å². The Bertz CT molecular complexity index is 844. The summed E-state index contributed by atoms with van der Waals surface area (Å²) < 4.78 is 7.01. The Morgan fingerprint density at radius 1 is 1.12 bits per heavy atom. The van der Waals surface area contributed by atoms with Crippen molar-refractivity contribution in [2.45, 2.75) is 18.9 Å². The summed E-state index contributed by atoms with van der Waals surface area (Å²) in [5, 5.41) is 2.95. The number of fused-ring (bicyclic) bond motifs is 4. The number of ether oxygens (including phenoxy) is 1. The summed E-state index contributed by atoms with van der Waals surface area (Å²) in [6, 6.07) is 12.6. The number of benzene rings is 1. The smallest absolute Gasteiger partial charge is 0.321 e. The molecule has 0 radical (unpaired) electrons. The third-order valence-electron chi connectivity index (χ3n) is 5.11. The fourth-order valence-corrected chi connectivity index (χ4v) is 3.94. The van der Waals surface area contributed by atoms with Crippen LogP contribution in [0.5, 0.6) is 5.75 Å². The molecule has 3 heterocycles. The number of rotatable bonds is 2. The molecule has 0 saturated carbocycles. The minimum absolute atomic E-state index is 0.0586. The molecule has 2 aromatic rings. The van der Waals surface area contributed by atoms with Gasteiger partial charge in [-0.1, -0.05) is 6.07 Å². The highest BCUT2D eigenvalue weighted by Crippen LogP contribution is 2.35. The van der Waals surface area contributed by atoms with Gasteiger partial charge in [-0.2, -0.15) is 0 Å². The van der Waals surface area contributed by atoms with Gasteiger partial charge >= 0.3 is 6.03 Å². The van der Waals surface area contributed by atoms with E-state index in [-0.39, 0.29) is 17.5 Å². The molecule has 6 nitrogen and oxygen atoms in total. The number of piperidine rings is 1. The van der Waals surface area contributed by atoms with Gasteiger partial charge in [0.2, 0.25) is 0 Å². The van der Waals surface area contributed by atoms with Gasteiger partial charge in [0.05, 0.1) is 7.11 Å². The lowest BCUT2D eigenvalue weighted by Crippen LogP contribution is -2.50. The van der Waals surface area contributed by atoms with Crippen LogP contribution in [0.1, 0.15) is 18.0 Å². The van der Waals surface area contributed by atoms with Crippen LogP contribution in [0.25, 0.3) is 0 Å². The molecule has 2 atom stereocenters. The summed E-state index contributed by atoms with van der Waals surface area (Å²) in [4.78, 5) is 26.6. The van der Waals surface area contributed by atoms with Gasteiger partial charge in [0.1, 0.15) is 5.75 Å². The van der Waals surface area contributed by atoms with Gasteiger partial charge in [-0.15, -0.1) is 0 Å². The molecule has 2 bridgehead atoms. The van der Waals surface area contributed by atoms with Crippen molar-refractivity contribution >= 4 is 11.7 Å². The molecule has 2 amide bonds. The van der Waals surface area contributed by atoms with Crippen LogP contribution in [-0.4, -0.2) is 35.7 Å². The number of likely N-dealkylation sites (tertiary alicyclic amines) is 1. The van der Waals surface area contributed by atoms with E-state index < -0.39 is 0 Å². The molecule has 6 heteroatoms. The van der Waals surface area contributed by atoms with Crippen molar-refractivity contribution < 1.29 is 9.53 Å². The van der Waals surface area contributed by atoms with Crippen molar-refractivity contribution in [3.63, 3.8) is 0 Å². The molecule has 1 fully saturated rings. The monoisotopic (exact) mass is 339 g/mol. The Morgan fingerprint density at radius 2 is 1.92 bits per heavy atom. The Labute approximate surface area is 146 Å². The van der Waals surface area contributed by atoms with Gasteiger partial charge in [-0.05, 0) is 42.7 Å². The van der Waals surface area contributed by atoms with Crippen LogP contribution in [0, 0.1) is 5.92 Å². The maximum atomic E-state index is 12.6. The summed E-state index contributed by atoms with van der Waals surface area (Å²) in [5.41, 5.74) is 1.85. The average molecular weight is 339 g/mol. The summed E-state index contributed by atoms with van der Waals surface area (Å²) in [6.07, 6.45) is 1.04. The van der Waals surface area contributed by atoms with Gasteiger partial charge in [0.15, 0.2) is 0 Å². The van der Waals surface area contributed by atoms with Crippen molar-refractivity contribution in [2.24, 2.45) is 5.92 Å². The van der Waals surface area contributed by atoms with Crippen molar-refractivity contribution in [1.82, 2.24) is 9.47 Å². The van der Waals surface area contributed by atoms with E-state index in [1.54, 1.807) is 13.2 Å². The number of anilines is 1. The second kappa shape index (κ2) is 6.27. The van der Waals surface area contributed by atoms with Gasteiger partial charge in [-0.25, -0.2) is 4.79 Å². The number of hydrogen-bond acceptors (Lipinski definition) is 3. The number of hydrogen-bond donors (Lipinski definition) is 1. The molecule has 1 aromatic heterocycles. The minimum Gasteiger partial charge on any atom is -0.497 e. The van der Waals surface area contributed by atoms with Crippen molar-refractivity contribution in [3.05, 3.63) is 58.5 Å². The maximum absolute atomic E-state index is 12.6. The largest absolute Gasteiger partial charge is 0.497 e. The average Bonchev–Trinajstić information content (AvgIpc) is 2.63. The van der Waals surface area contributed by atoms with E-state index in [1.807, 2.05) is 45.9 Å². The number of nitrogens with one attached hydrogen (secondary N) is 1. The lowest BCUT2D eigenvalue weighted by Gasteiger charge is -2.42. The molecular weight excluding hydrogens is 318 g/mol. The first kappa shape index (κ1) is 15.7. The summed E-state index contributed by atoms with van der Waals surface area (Å²) in [6.45, 7) is 2.01. The van der Waals surface area contributed by atoms with Crippen LogP contribution < -0.4 is 15.6 Å². The SMILES string of the molecule is COc1ccc(NC(=O)N2C[C@@H]3C[C@H](C2)c2cccc(=O)n2C3)cc1. The molecule has 1 saturated heterocycles. The molecule has 1 aromatic carbocycles. The maximum Gasteiger partial charge on any atom is 0.321 e. The predicted octanol–water partition coefficient (Wildman–Crippen LogP) is 2.51. The number of urea groups is 1. The highest BCUT2D eigenvalue weighted by Gasteiger charge is 2.36. The van der Waals surface area contributed by atoms with E-state index in [4.69, 9.17) is 4.74 Å². The highest BCUT2D eigenvalue weighted by molar-refractivity contribution is 5.89. The number of aromatic nitrogens is 1. The molecule has 0 unspecified atom stereocenters. The van der Waals surface area contributed by atoms with Crippen LogP contribution in [0.2, 0.25) is 0 Å². The normalized spacial score (nSPS) is 21.4. The minimum atomic E-state index is -0.0911. The second-order valence-electron chi connectivity index (χ2n) is 6.76. The zero-order valence-electron chi connectivity index (χ0n) is 14.1. The van der Waals surface area contributed by atoms with Gasteiger partial charge in [0, 0.05) is 43.0 Å². The standard InChI is InChI=1S/C19H21N3O3/c1-25-16-7-5-15(6-8-16)20-19(24)21-10-13-9-14(12-21)17-3-2-4-18(23)22(17)11-13/h2-8,13-14H,9-12H2,1H3,(H,20,24)/t13-,14+/m0/s1. The molecule has 4 rings (SSSR count). The number of carbonyl (C=O) groups is 1. The Morgan fingerprint density at radius 3 is 2.68 bits per heavy atom. The third-order valence-corrected chi connectivity index (χ3v) is 5.11. The predicted molar refractivity (Wildman–Crippen MR) is 95.1 cm³/mol. The quantitative estimate of drug-likeness (QED) is 0.914. The van der Waals surface area contributed by atoms with Crippen LogP contribution in [0.3, 0.4) is 0 Å².